The van der Waals surface area contributed by atoms with E-state index in [4.69, 9.17) is 9.84 Å². The monoisotopic (exact) mass is 281 g/mol. The van der Waals surface area contributed by atoms with E-state index in [2.05, 4.69) is 5.32 Å². The van der Waals surface area contributed by atoms with Crippen LogP contribution in [0, 0.1) is 0 Å². The van der Waals surface area contributed by atoms with E-state index in [9.17, 15) is 9.90 Å². The van der Waals surface area contributed by atoms with Gasteiger partial charge >= 0.3 is 5.97 Å². The molecule has 0 aliphatic heterocycles. The van der Waals surface area contributed by atoms with Gasteiger partial charge in [0, 0.05) is 13.0 Å². The molecule has 0 saturated carbocycles. The summed E-state index contributed by atoms with van der Waals surface area (Å²) in [6.45, 7) is 4.59. The van der Waals surface area contributed by atoms with Crippen LogP contribution in [0.5, 0.6) is 5.75 Å². The molecule has 0 spiro atoms. The first-order chi connectivity index (χ1) is 9.51. The minimum Gasteiger partial charge on any atom is -0.494 e. The number of carbonyl (C=O) groups is 1. The van der Waals surface area contributed by atoms with E-state index in [0.717, 1.165) is 5.56 Å². The highest BCUT2D eigenvalue weighted by atomic mass is 16.5. The highest BCUT2D eigenvalue weighted by Gasteiger charge is 2.31. The fraction of sp³-hybridized carbons (Fsp3) is 0.533. The molecule has 5 heteroatoms. The summed E-state index contributed by atoms with van der Waals surface area (Å²) in [6, 6.07) is 7.45. The third kappa shape index (κ3) is 4.83. The number of hydrogen-bond donors (Lipinski definition) is 3. The first-order valence-corrected chi connectivity index (χ1v) is 6.83. The van der Waals surface area contributed by atoms with Crippen molar-refractivity contribution in [2.75, 3.05) is 19.8 Å². The first-order valence-electron chi connectivity index (χ1n) is 6.83. The number of rotatable bonds is 9. The van der Waals surface area contributed by atoms with Crippen molar-refractivity contribution in [3.63, 3.8) is 0 Å². The average Bonchev–Trinajstić information content (AvgIpc) is 2.41. The van der Waals surface area contributed by atoms with Gasteiger partial charge in [-0.2, -0.15) is 0 Å². The van der Waals surface area contributed by atoms with Crippen LogP contribution in [-0.4, -0.2) is 41.5 Å². The van der Waals surface area contributed by atoms with Crippen LogP contribution in [0.25, 0.3) is 0 Å². The van der Waals surface area contributed by atoms with Gasteiger partial charge in [0.1, 0.15) is 11.3 Å². The van der Waals surface area contributed by atoms with Gasteiger partial charge in [0.25, 0.3) is 0 Å². The lowest BCUT2D eigenvalue weighted by Crippen LogP contribution is -2.50. The van der Waals surface area contributed by atoms with E-state index in [1.807, 2.05) is 31.2 Å². The maximum atomic E-state index is 11.2. The zero-order chi connectivity index (χ0) is 15.0. The lowest BCUT2D eigenvalue weighted by Gasteiger charge is -2.25. The van der Waals surface area contributed by atoms with Gasteiger partial charge in [-0.25, -0.2) is 0 Å². The van der Waals surface area contributed by atoms with E-state index in [-0.39, 0.29) is 6.61 Å². The fourth-order valence-corrected chi connectivity index (χ4v) is 1.92. The van der Waals surface area contributed by atoms with Gasteiger partial charge in [0.2, 0.25) is 0 Å². The molecule has 0 amide bonds. The normalized spacial score (nSPS) is 13.8. The van der Waals surface area contributed by atoms with Crippen molar-refractivity contribution in [2.45, 2.75) is 32.2 Å². The highest BCUT2D eigenvalue weighted by Crippen LogP contribution is 2.15. The van der Waals surface area contributed by atoms with Crippen LogP contribution in [0.15, 0.2) is 24.3 Å². The topological polar surface area (TPSA) is 78.8 Å². The van der Waals surface area contributed by atoms with Gasteiger partial charge < -0.3 is 20.3 Å². The van der Waals surface area contributed by atoms with Crippen molar-refractivity contribution in [1.82, 2.24) is 5.32 Å². The lowest BCUT2D eigenvalue weighted by atomic mass is 9.98. The molecule has 0 bridgehead atoms. The molecular weight excluding hydrogens is 258 g/mol. The van der Waals surface area contributed by atoms with Gasteiger partial charge in [-0.15, -0.1) is 0 Å². The minimum absolute atomic E-state index is 0.125. The molecule has 112 valence electrons. The van der Waals surface area contributed by atoms with Crippen LogP contribution < -0.4 is 10.1 Å². The number of carboxylic acids is 1. The predicted octanol–water partition coefficient (Wildman–Crippen LogP) is 1.44. The largest absolute Gasteiger partial charge is 0.494 e. The Morgan fingerprint density at radius 3 is 2.50 bits per heavy atom. The van der Waals surface area contributed by atoms with E-state index >= 15 is 0 Å². The molecular formula is C15H23NO4. The third-order valence-electron chi connectivity index (χ3n) is 3.23. The molecule has 1 atom stereocenters. The smallest absolute Gasteiger partial charge is 0.323 e. The number of benzene rings is 1. The predicted molar refractivity (Wildman–Crippen MR) is 77.1 cm³/mol. The van der Waals surface area contributed by atoms with Crippen LogP contribution in [0.4, 0.5) is 0 Å². The number of carboxylic acid groups (broad SMARTS) is 1. The van der Waals surface area contributed by atoms with Crippen LogP contribution in [0.1, 0.15) is 25.8 Å². The van der Waals surface area contributed by atoms with Crippen molar-refractivity contribution in [3.05, 3.63) is 29.8 Å². The molecule has 0 radical (unpaired) electrons. The van der Waals surface area contributed by atoms with E-state index in [0.29, 0.717) is 31.7 Å². The summed E-state index contributed by atoms with van der Waals surface area (Å²) in [5, 5.41) is 21.0. The number of likely N-dealkylation sites (N-methyl/N-ethyl adjacent to an activating group) is 1. The van der Waals surface area contributed by atoms with E-state index in [1.165, 1.54) is 0 Å². The Kier molecular flexibility index (Phi) is 6.48. The zero-order valence-electron chi connectivity index (χ0n) is 12.1. The summed E-state index contributed by atoms with van der Waals surface area (Å²) in [7, 11) is 0. The quantitative estimate of drug-likeness (QED) is 0.638. The second-order valence-electron chi connectivity index (χ2n) is 4.88. The maximum absolute atomic E-state index is 11.2. The summed E-state index contributed by atoms with van der Waals surface area (Å²) in [5.41, 5.74) is 0.0776. The molecule has 3 N–H and O–H groups in total. The number of ether oxygens (including phenoxy) is 1. The molecule has 5 nitrogen and oxygen atoms in total. The lowest BCUT2D eigenvalue weighted by molar-refractivity contribution is -0.144. The van der Waals surface area contributed by atoms with E-state index < -0.39 is 11.5 Å². The molecule has 0 aliphatic rings. The van der Waals surface area contributed by atoms with Gasteiger partial charge in [0.15, 0.2) is 0 Å². The first kappa shape index (κ1) is 16.5. The minimum atomic E-state index is -0.967. The Bertz CT molecular complexity index is 418. The fourth-order valence-electron chi connectivity index (χ4n) is 1.92. The molecule has 1 unspecified atom stereocenters. The number of aliphatic carboxylic acids is 1. The molecule has 1 aromatic rings. The Morgan fingerprint density at radius 2 is 2.00 bits per heavy atom. The zero-order valence-corrected chi connectivity index (χ0v) is 12.1. The molecule has 0 aromatic heterocycles. The maximum Gasteiger partial charge on any atom is 0.323 e. The number of nitrogens with one attached hydrogen (secondary N) is 1. The summed E-state index contributed by atoms with van der Waals surface area (Å²) < 4.78 is 5.57. The molecule has 20 heavy (non-hydrogen) atoms. The summed E-state index contributed by atoms with van der Waals surface area (Å²) in [4.78, 5) is 11.2. The second-order valence-corrected chi connectivity index (χ2v) is 4.88. The third-order valence-corrected chi connectivity index (χ3v) is 3.23. The van der Waals surface area contributed by atoms with Crippen LogP contribution in [0.2, 0.25) is 0 Å². The standard InChI is InChI=1S/C15H23NO4/c1-3-16-15(2,14(18)19)9-11-20-13-6-4-12(5-7-13)8-10-17/h4-7,16-17H,3,8-11H2,1-2H3,(H,18,19). The SMILES string of the molecule is CCNC(C)(CCOc1ccc(CCO)cc1)C(=O)O. The highest BCUT2D eigenvalue weighted by molar-refractivity contribution is 5.78. The van der Waals surface area contributed by atoms with Gasteiger partial charge in [0.05, 0.1) is 6.61 Å². The Morgan fingerprint density at radius 1 is 1.35 bits per heavy atom. The number of hydrogen-bond acceptors (Lipinski definition) is 4. The molecule has 0 heterocycles. The Labute approximate surface area is 119 Å². The van der Waals surface area contributed by atoms with Crippen LogP contribution in [0.3, 0.4) is 0 Å². The molecule has 1 rings (SSSR count). The van der Waals surface area contributed by atoms with Crippen molar-refractivity contribution >= 4 is 5.97 Å². The average molecular weight is 281 g/mol. The Balaban J connectivity index is 2.48. The molecule has 0 aliphatic carbocycles. The molecule has 0 fully saturated rings. The van der Waals surface area contributed by atoms with Gasteiger partial charge in [-0.05, 0) is 37.6 Å². The van der Waals surface area contributed by atoms with Crippen LogP contribution in [-0.2, 0) is 11.2 Å². The van der Waals surface area contributed by atoms with Crippen molar-refractivity contribution in [1.29, 1.82) is 0 Å². The van der Waals surface area contributed by atoms with Crippen molar-refractivity contribution in [3.8, 4) is 5.75 Å². The molecule has 0 saturated heterocycles. The molecule has 1 aromatic carbocycles. The number of aliphatic hydroxyl groups is 1. The van der Waals surface area contributed by atoms with Gasteiger partial charge in [-0.3, -0.25) is 4.79 Å². The van der Waals surface area contributed by atoms with Crippen molar-refractivity contribution < 1.29 is 19.7 Å². The van der Waals surface area contributed by atoms with E-state index in [1.54, 1.807) is 6.92 Å². The number of aliphatic hydroxyl groups excluding tert-OH is 1. The summed E-state index contributed by atoms with van der Waals surface area (Å²) >= 11 is 0. The Hall–Kier alpha value is -1.59. The second kappa shape index (κ2) is 7.87. The summed E-state index contributed by atoms with van der Waals surface area (Å²) in [5.74, 6) is -0.169. The summed E-state index contributed by atoms with van der Waals surface area (Å²) in [6.07, 6.45) is 1.01. The van der Waals surface area contributed by atoms with Crippen LogP contribution >= 0.6 is 0 Å². The van der Waals surface area contributed by atoms with Crippen molar-refractivity contribution in [2.24, 2.45) is 0 Å². The van der Waals surface area contributed by atoms with Gasteiger partial charge in [-0.1, -0.05) is 19.1 Å².